The van der Waals surface area contributed by atoms with E-state index in [1.165, 1.54) is 0 Å². The van der Waals surface area contributed by atoms with Gasteiger partial charge in [-0.3, -0.25) is 9.69 Å². The Morgan fingerprint density at radius 2 is 2.29 bits per heavy atom. The predicted molar refractivity (Wildman–Crippen MR) is 56.9 cm³/mol. The van der Waals surface area contributed by atoms with Crippen molar-refractivity contribution in [2.24, 2.45) is 11.1 Å². The molecular weight excluding hydrogens is 178 g/mol. The van der Waals surface area contributed by atoms with E-state index in [-0.39, 0.29) is 11.3 Å². The van der Waals surface area contributed by atoms with Crippen molar-refractivity contribution in [3.05, 3.63) is 0 Å². The Morgan fingerprint density at radius 1 is 1.57 bits per heavy atom. The van der Waals surface area contributed by atoms with Crippen LogP contribution in [0.15, 0.2) is 0 Å². The molecule has 82 valence electrons. The van der Waals surface area contributed by atoms with Crippen molar-refractivity contribution in [3.63, 3.8) is 0 Å². The molecule has 0 atom stereocenters. The second-order valence-corrected chi connectivity index (χ2v) is 4.74. The molecule has 0 aromatic heterocycles. The number of piperazine rings is 1. The lowest BCUT2D eigenvalue weighted by Crippen LogP contribution is -2.48. The van der Waals surface area contributed by atoms with Gasteiger partial charge in [-0.05, 0) is 24.9 Å². The van der Waals surface area contributed by atoms with Crippen LogP contribution in [0.5, 0.6) is 0 Å². The average Bonchev–Trinajstić information content (AvgIpc) is 2.15. The van der Waals surface area contributed by atoms with Gasteiger partial charge in [0.05, 0.1) is 6.54 Å². The first-order chi connectivity index (χ1) is 6.53. The fraction of sp³-hybridized carbons (Fsp3) is 0.900. The monoisotopic (exact) mass is 199 g/mol. The molecule has 14 heavy (non-hydrogen) atoms. The Morgan fingerprint density at radius 3 is 2.86 bits per heavy atom. The molecule has 3 N–H and O–H groups in total. The summed E-state index contributed by atoms with van der Waals surface area (Å²) in [4.78, 5) is 13.3. The van der Waals surface area contributed by atoms with Gasteiger partial charge in [0.1, 0.15) is 0 Å². The maximum atomic E-state index is 11.1. The third kappa shape index (κ3) is 3.64. The Kier molecular flexibility index (Phi) is 3.89. The highest BCUT2D eigenvalue weighted by Gasteiger charge is 2.20. The number of amides is 1. The highest BCUT2D eigenvalue weighted by atomic mass is 16.2. The van der Waals surface area contributed by atoms with Crippen molar-refractivity contribution < 1.29 is 4.79 Å². The van der Waals surface area contributed by atoms with Crippen molar-refractivity contribution in [1.29, 1.82) is 0 Å². The summed E-state index contributed by atoms with van der Waals surface area (Å²) in [5.74, 6) is 0.141. The van der Waals surface area contributed by atoms with E-state index in [1.807, 2.05) is 0 Å². The van der Waals surface area contributed by atoms with E-state index in [0.29, 0.717) is 13.1 Å². The summed E-state index contributed by atoms with van der Waals surface area (Å²) in [5.41, 5.74) is 5.84. The summed E-state index contributed by atoms with van der Waals surface area (Å²) >= 11 is 0. The van der Waals surface area contributed by atoms with Crippen molar-refractivity contribution in [2.75, 3.05) is 32.7 Å². The smallest absolute Gasteiger partial charge is 0.234 e. The molecule has 0 aliphatic carbocycles. The van der Waals surface area contributed by atoms with Crippen molar-refractivity contribution in [3.8, 4) is 0 Å². The van der Waals surface area contributed by atoms with Crippen LogP contribution < -0.4 is 11.1 Å². The minimum atomic E-state index is 0.141. The summed E-state index contributed by atoms with van der Waals surface area (Å²) in [6.45, 7) is 8.29. The normalized spacial score (nSPS) is 19.5. The van der Waals surface area contributed by atoms with E-state index >= 15 is 0 Å². The summed E-state index contributed by atoms with van der Waals surface area (Å²) in [6, 6.07) is 0. The van der Waals surface area contributed by atoms with Crippen LogP contribution in [0.3, 0.4) is 0 Å². The van der Waals surface area contributed by atoms with Crippen molar-refractivity contribution >= 4 is 5.91 Å². The Bertz CT molecular complexity index is 204. The third-order valence-corrected chi connectivity index (χ3v) is 2.77. The van der Waals surface area contributed by atoms with Gasteiger partial charge in [-0.15, -0.1) is 0 Å². The topological polar surface area (TPSA) is 58.4 Å². The van der Waals surface area contributed by atoms with Crippen LogP contribution in [0, 0.1) is 5.41 Å². The van der Waals surface area contributed by atoms with Gasteiger partial charge in [-0.25, -0.2) is 0 Å². The van der Waals surface area contributed by atoms with E-state index in [2.05, 4.69) is 24.1 Å². The largest absolute Gasteiger partial charge is 0.354 e. The first-order valence-corrected chi connectivity index (χ1v) is 5.23. The van der Waals surface area contributed by atoms with E-state index in [9.17, 15) is 4.79 Å². The molecule has 0 spiro atoms. The van der Waals surface area contributed by atoms with Gasteiger partial charge in [0, 0.05) is 13.1 Å². The standard InChI is InChI=1S/C10H21N3O/c1-10(2,8-11)3-5-13-6-4-12-9(14)7-13/h3-8,11H2,1-2H3,(H,12,14). The summed E-state index contributed by atoms with van der Waals surface area (Å²) < 4.78 is 0. The number of hydrogen-bond acceptors (Lipinski definition) is 3. The number of rotatable bonds is 4. The van der Waals surface area contributed by atoms with Gasteiger partial charge in [0.2, 0.25) is 5.91 Å². The van der Waals surface area contributed by atoms with Crippen LogP contribution in [0.4, 0.5) is 0 Å². The summed E-state index contributed by atoms with van der Waals surface area (Å²) in [6.07, 6.45) is 1.05. The molecule has 1 fully saturated rings. The van der Waals surface area contributed by atoms with Gasteiger partial charge >= 0.3 is 0 Å². The number of carbonyl (C=O) groups excluding carboxylic acids is 1. The van der Waals surface area contributed by atoms with Crippen LogP contribution in [0.2, 0.25) is 0 Å². The maximum Gasteiger partial charge on any atom is 0.234 e. The number of nitrogens with one attached hydrogen (secondary N) is 1. The molecule has 0 radical (unpaired) electrons. The van der Waals surface area contributed by atoms with E-state index in [4.69, 9.17) is 5.73 Å². The van der Waals surface area contributed by atoms with Gasteiger partial charge < -0.3 is 11.1 Å². The third-order valence-electron chi connectivity index (χ3n) is 2.77. The molecule has 0 aromatic rings. The van der Waals surface area contributed by atoms with Crippen molar-refractivity contribution in [1.82, 2.24) is 10.2 Å². The Hall–Kier alpha value is -0.610. The van der Waals surface area contributed by atoms with E-state index in [0.717, 1.165) is 26.1 Å². The molecule has 4 heteroatoms. The van der Waals surface area contributed by atoms with Gasteiger partial charge in [0.15, 0.2) is 0 Å². The average molecular weight is 199 g/mol. The first-order valence-electron chi connectivity index (χ1n) is 5.23. The number of nitrogens with zero attached hydrogens (tertiary/aromatic N) is 1. The molecule has 0 saturated carbocycles. The zero-order valence-corrected chi connectivity index (χ0v) is 9.18. The minimum absolute atomic E-state index is 0.141. The lowest BCUT2D eigenvalue weighted by Gasteiger charge is -2.30. The zero-order valence-electron chi connectivity index (χ0n) is 9.18. The molecule has 1 heterocycles. The SMILES string of the molecule is CC(C)(CN)CCN1CCNC(=O)C1. The Balaban J connectivity index is 2.27. The highest BCUT2D eigenvalue weighted by molar-refractivity contribution is 5.78. The van der Waals surface area contributed by atoms with E-state index < -0.39 is 0 Å². The molecule has 4 nitrogen and oxygen atoms in total. The molecule has 0 aromatic carbocycles. The van der Waals surface area contributed by atoms with Crippen LogP contribution in [-0.2, 0) is 4.79 Å². The lowest BCUT2D eigenvalue weighted by molar-refractivity contribution is -0.124. The number of nitrogens with two attached hydrogens (primary N) is 1. The first kappa shape index (κ1) is 11.5. The second kappa shape index (κ2) is 4.75. The molecule has 1 saturated heterocycles. The quantitative estimate of drug-likeness (QED) is 0.659. The van der Waals surface area contributed by atoms with Crippen LogP contribution in [-0.4, -0.2) is 43.5 Å². The van der Waals surface area contributed by atoms with E-state index in [1.54, 1.807) is 0 Å². The zero-order chi connectivity index (χ0) is 10.6. The van der Waals surface area contributed by atoms with Crippen LogP contribution in [0.25, 0.3) is 0 Å². The van der Waals surface area contributed by atoms with Gasteiger partial charge in [0.25, 0.3) is 0 Å². The summed E-state index contributed by atoms with van der Waals surface area (Å²) in [7, 11) is 0. The van der Waals surface area contributed by atoms with Gasteiger partial charge in [-0.2, -0.15) is 0 Å². The molecule has 1 amide bonds. The van der Waals surface area contributed by atoms with Gasteiger partial charge in [-0.1, -0.05) is 13.8 Å². The van der Waals surface area contributed by atoms with Crippen LogP contribution >= 0.6 is 0 Å². The second-order valence-electron chi connectivity index (χ2n) is 4.74. The predicted octanol–water partition coefficient (Wildman–Crippen LogP) is -0.207. The van der Waals surface area contributed by atoms with Crippen LogP contribution in [0.1, 0.15) is 20.3 Å². The Labute approximate surface area is 85.8 Å². The maximum absolute atomic E-state index is 11.1. The molecule has 1 aliphatic rings. The highest BCUT2D eigenvalue weighted by Crippen LogP contribution is 2.18. The minimum Gasteiger partial charge on any atom is -0.354 e. The lowest BCUT2D eigenvalue weighted by atomic mass is 9.89. The number of hydrogen-bond donors (Lipinski definition) is 2. The molecular formula is C10H21N3O. The molecule has 0 unspecified atom stereocenters. The van der Waals surface area contributed by atoms with Crippen molar-refractivity contribution in [2.45, 2.75) is 20.3 Å². The summed E-state index contributed by atoms with van der Waals surface area (Å²) in [5, 5.41) is 2.82. The molecule has 1 rings (SSSR count). The number of carbonyl (C=O) groups is 1. The fourth-order valence-electron chi connectivity index (χ4n) is 1.45. The molecule has 0 bridgehead atoms. The fourth-order valence-corrected chi connectivity index (χ4v) is 1.45. The molecule has 1 aliphatic heterocycles.